The van der Waals surface area contributed by atoms with Crippen molar-refractivity contribution in [2.75, 3.05) is 36.5 Å². The van der Waals surface area contributed by atoms with Gasteiger partial charge in [0.05, 0.1) is 17.7 Å². The molecule has 0 spiro atoms. The van der Waals surface area contributed by atoms with Crippen molar-refractivity contribution in [3.63, 3.8) is 0 Å². The molecule has 1 aliphatic heterocycles. The molecule has 8 nitrogen and oxygen atoms in total. The summed E-state index contributed by atoms with van der Waals surface area (Å²) in [7, 11) is -2.89. The van der Waals surface area contributed by atoms with Crippen LogP contribution in [0.2, 0.25) is 0 Å². The summed E-state index contributed by atoms with van der Waals surface area (Å²) >= 11 is 0. The van der Waals surface area contributed by atoms with E-state index in [1.165, 1.54) is 0 Å². The van der Waals surface area contributed by atoms with Crippen LogP contribution < -0.4 is 16.0 Å². The molecule has 1 aromatic heterocycles. The van der Waals surface area contributed by atoms with Crippen LogP contribution in [-0.2, 0) is 9.84 Å². The van der Waals surface area contributed by atoms with E-state index >= 15 is 0 Å². The van der Waals surface area contributed by atoms with Crippen molar-refractivity contribution < 1.29 is 13.2 Å². The molecule has 1 atom stereocenters. The number of hydrogen-bond donors (Lipinski definition) is 3. The Morgan fingerprint density at radius 2 is 2.14 bits per heavy atom. The van der Waals surface area contributed by atoms with E-state index in [-0.39, 0.29) is 23.5 Å². The topological polar surface area (TPSA) is 113 Å². The van der Waals surface area contributed by atoms with Gasteiger partial charge in [-0.15, -0.1) is 0 Å². The number of hydrogen-bond acceptors (Lipinski definition) is 6. The molecule has 2 rings (SSSR count). The Morgan fingerprint density at radius 3 is 2.81 bits per heavy atom. The van der Waals surface area contributed by atoms with Gasteiger partial charge < -0.3 is 16.0 Å². The largest absolute Gasteiger partial charge is 0.367 e. The number of aromatic nitrogens is 2. The standard InChI is InChI=1S/C12H19N5O3S/c18-12(17-7-10-1-6-21(19,20)9-10)16-5-4-15-11-8-13-2-3-14-11/h2-3,8,10H,1,4-7,9H2,(H,14,15)(H2,16,17,18). The molecule has 9 heteroatoms. The molecule has 2 amide bonds. The average Bonchev–Trinajstić information content (AvgIpc) is 2.82. The van der Waals surface area contributed by atoms with Gasteiger partial charge in [-0.2, -0.15) is 0 Å². The van der Waals surface area contributed by atoms with E-state index in [1.807, 2.05) is 0 Å². The lowest BCUT2D eigenvalue weighted by molar-refractivity contribution is 0.239. The lowest BCUT2D eigenvalue weighted by atomic mass is 10.1. The van der Waals surface area contributed by atoms with Crippen LogP contribution in [0.4, 0.5) is 10.6 Å². The molecule has 0 saturated carbocycles. The van der Waals surface area contributed by atoms with Gasteiger partial charge in [0.15, 0.2) is 9.84 Å². The van der Waals surface area contributed by atoms with Crippen molar-refractivity contribution in [2.45, 2.75) is 6.42 Å². The number of carbonyl (C=O) groups excluding carboxylic acids is 1. The minimum atomic E-state index is -2.89. The first-order chi connectivity index (χ1) is 10.1. The lowest BCUT2D eigenvalue weighted by Crippen LogP contribution is -2.40. The zero-order valence-corrected chi connectivity index (χ0v) is 12.4. The fourth-order valence-corrected chi connectivity index (χ4v) is 3.95. The highest BCUT2D eigenvalue weighted by atomic mass is 32.2. The Morgan fingerprint density at radius 1 is 1.29 bits per heavy atom. The van der Waals surface area contributed by atoms with Crippen LogP contribution in [0, 0.1) is 5.92 Å². The maximum absolute atomic E-state index is 11.5. The van der Waals surface area contributed by atoms with Gasteiger partial charge in [0.2, 0.25) is 0 Å². The van der Waals surface area contributed by atoms with Crippen LogP contribution in [0.25, 0.3) is 0 Å². The highest BCUT2D eigenvalue weighted by Crippen LogP contribution is 2.17. The maximum Gasteiger partial charge on any atom is 0.314 e. The van der Waals surface area contributed by atoms with E-state index in [0.29, 0.717) is 31.9 Å². The van der Waals surface area contributed by atoms with Gasteiger partial charge in [-0.05, 0) is 12.3 Å². The van der Waals surface area contributed by atoms with Crippen molar-refractivity contribution in [3.8, 4) is 0 Å². The third-order valence-electron chi connectivity index (χ3n) is 3.16. The van der Waals surface area contributed by atoms with Gasteiger partial charge >= 0.3 is 6.03 Å². The number of rotatable bonds is 6. The summed E-state index contributed by atoms with van der Waals surface area (Å²) in [6.45, 7) is 1.36. The van der Waals surface area contributed by atoms with Crippen molar-refractivity contribution in [3.05, 3.63) is 18.6 Å². The second-order valence-corrected chi connectivity index (χ2v) is 7.15. The number of amides is 2. The van der Waals surface area contributed by atoms with E-state index in [4.69, 9.17) is 0 Å². The first-order valence-electron chi connectivity index (χ1n) is 6.77. The molecule has 1 fully saturated rings. The lowest BCUT2D eigenvalue weighted by Gasteiger charge is -2.11. The van der Waals surface area contributed by atoms with Gasteiger partial charge in [0.1, 0.15) is 5.82 Å². The third kappa shape index (κ3) is 5.54. The summed E-state index contributed by atoms with van der Waals surface area (Å²) in [6, 6.07) is -0.291. The van der Waals surface area contributed by atoms with Crippen LogP contribution in [0.1, 0.15) is 6.42 Å². The summed E-state index contributed by atoms with van der Waals surface area (Å²) < 4.78 is 22.6. The van der Waals surface area contributed by atoms with E-state index in [2.05, 4.69) is 25.9 Å². The average molecular weight is 313 g/mol. The van der Waals surface area contributed by atoms with Gasteiger partial charge in [0.25, 0.3) is 0 Å². The molecule has 0 bridgehead atoms. The number of nitrogens with one attached hydrogen (secondary N) is 3. The Hall–Kier alpha value is -1.90. The normalized spacial score (nSPS) is 19.9. The Kier molecular flexibility index (Phi) is 5.32. The third-order valence-corrected chi connectivity index (χ3v) is 4.99. The predicted molar refractivity (Wildman–Crippen MR) is 78.7 cm³/mol. The van der Waals surface area contributed by atoms with Crippen LogP contribution in [0.5, 0.6) is 0 Å². The highest BCUT2D eigenvalue weighted by Gasteiger charge is 2.27. The predicted octanol–water partition coefficient (Wildman–Crippen LogP) is -0.378. The van der Waals surface area contributed by atoms with Crippen LogP contribution >= 0.6 is 0 Å². The zero-order chi connectivity index (χ0) is 15.1. The number of carbonyl (C=O) groups is 1. The molecule has 1 saturated heterocycles. The fourth-order valence-electron chi connectivity index (χ4n) is 2.09. The number of anilines is 1. The molecular weight excluding hydrogens is 294 g/mol. The van der Waals surface area contributed by atoms with Crippen molar-refractivity contribution in [1.82, 2.24) is 20.6 Å². The minimum Gasteiger partial charge on any atom is -0.367 e. The Bertz CT molecular complexity index is 564. The first kappa shape index (κ1) is 15.5. The number of nitrogens with zero attached hydrogens (tertiary/aromatic N) is 2. The van der Waals surface area contributed by atoms with Crippen molar-refractivity contribution in [1.29, 1.82) is 0 Å². The molecule has 1 aromatic rings. The Labute approximate surface area is 123 Å². The summed E-state index contributed by atoms with van der Waals surface area (Å²) in [5.74, 6) is 1.07. The second-order valence-electron chi connectivity index (χ2n) is 4.92. The molecule has 1 aliphatic rings. The van der Waals surface area contributed by atoms with E-state index in [1.54, 1.807) is 18.6 Å². The molecule has 0 aliphatic carbocycles. The monoisotopic (exact) mass is 313 g/mol. The first-order valence-corrected chi connectivity index (χ1v) is 8.59. The molecule has 2 heterocycles. The SMILES string of the molecule is O=C(NCCNc1cnccn1)NCC1CCS(=O)(=O)C1. The second kappa shape index (κ2) is 7.21. The molecule has 3 N–H and O–H groups in total. The highest BCUT2D eigenvalue weighted by molar-refractivity contribution is 7.91. The molecule has 0 aromatic carbocycles. The quantitative estimate of drug-likeness (QED) is 0.617. The Balaban J connectivity index is 1.56. The fraction of sp³-hybridized carbons (Fsp3) is 0.583. The maximum atomic E-state index is 11.5. The molecular formula is C12H19N5O3S. The molecule has 1 unspecified atom stereocenters. The summed E-state index contributed by atoms with van der Waals surface area (Å²) in [5.41, 5.74) is 0. The van der Waals surface area contributed by atoms with E-state index in [0.717, 1.165) is 0 Å². The van der Waals surface area contributed by atoms with E-state index in [9.17, 15) is 13.2 Å². The van der Waals surface area contributed by atoms with Crippen LogP contribution in [0.3, 0.4) is 0 Å². The summed E-state index contributed by atoms with van der Waals surface area (Å²) in [6.07, 6.45) is 5.38. The van der Waals surface area contributed by atoms with E-state index < -0.39 is 9.84 Å². The minimum absolute atomic E-state index is 0.0264. The molecule has 116 valence electrons. The summed E-state index contributed by atoms with van der Waals surface area (Å²) in [5, 5.41) is 8.39. The smallest absolute Gasteiger partial charge is 0.314 e. The van der Waals surface area contributed by atoms with Gasteiger partial charge in [-0.3, -0.25) is 4.98 Å². The zero-order valence-electron chi connectivity index (χ0n) is 11.6. The number of sulfone groups is 1. The molecule has 0 radical (unpaired) electrons. The van der Waals surface area contributed by atoms with Crippen LogP contribution in [-0.4, -0.2) is 55.6 Å². The number of urea groups is 1. The van der Waals surface area contributed by atoms with Gasteiger partial charge in [0, 0.05) is 32.0 Å². The summed E-state index contributed by atoms with van der Waals surface area (Å²) in [4.78, 5) is 19.5. The van der Waals surface area contributed by atoms with Gasteiger partial charge in [-0.1, -0.05) is 0 Å². The van der Waals surface area contributed by atoms with Crippen LogP contribution in [0.15, 0.2) is 18.6 Å². The molecule has 21 heavy (non-hydrogen) atoms. The van der Waals surface area contributed by atoms with Crippen molar-refractivity contribution >= 4 is 21.7 Å². The van der Waals surface area contributed by atoms with Crippen molar-refractivity contribution in [2.24, 2.45) is 5.92 Å². The van der Waals surface area contributed by atoms with Gasteiger partial charge in [-0.25, -0.2) is 18.2 Å².